The average Bonchev–Trinajstić information content (AvgIpc) is 2.50. The van der Waals surface area contributed by atoms with Crippen molar-refractivity contribution in [3.05, 3.63) is 35.4 Å². The number of methoxy groups -OCH3 is 1. The average molecular weight is 295 g/mol. The summed E-state index contributed by atoms with van der Waals surface area (Å²) >= 11 is 0. The molecule has 0 aliphatic carbocycles. The molecule has 0 bridgehead atoms. The van der Waals surface area contributed by atoms with Crippen molar-refractivity contribution in [2.75, 3.05) is 46.7 Å². The van der Waals surface area contributed by atoms with Crippen molar-refractivity contribution in [2.45, 2.75) is 26.3 Å². The van der Waals surface area contributed by atoms with Gasteiger partial charge in [-0.3, -0.25) is 0 Å². The van der Waals surface area contributed by atoms with Crippen LogP contribution in [0.2, 0.25) is 0 Å². The minimum atomic E-state index is 0.241. The van der Waals surface area contributed by atoms with Crippen LogP contribution >= 0.6 is 0 Å². The number of nitrogens with one attached hydrogen (secondary N) is 1. The fourth-order valence-electron chi connectivity index (χ4n) is 2.12. The zero-order valence-corrected chi connectivity index (χ0v) is 13.6. The van der Waals surface area contributed by atoms with Gasteiger partial charge in [0.25, 0.3) is 0 Å². The number of ether oxygens (including phenoxy) is 3. The first-order valence-electron chi connectivity index (χ1n) is 7.73. The van der Waals surface area contributed by atoms with E-state index in [0.717, 1.165) is 13.0 Å². The van der Waals surface area contributed by atoms with Crippen LogP contribution in [0.15, 0.2) is 24.3 Å². The summed E-state index contributed by atoms with van der Waals surface area (Å²) < 4.78 is 16.1. The minimum Gasteiger partial charge on any atom is -0.382 e. The standard InChI is InChI=1S/C17H29NO3/c1-4-9-18-17(16-8-6-5-7-15(16)2)14-21-13-12-20-11-10-19-3/h5-8,17-18H,4,9-14H2,1-3H3. The van der Waals surface area contributed by atoms with Gasteiger partial charge < -0.3 is 19.5 Å². The largest absolute Gasteiger partial charge is 0.382 e. The van der Waals surface area contributed by atoms with E-state index in [1.165, 1.54) is 11.1 Å². The zero-order chi connectivity index (χ0) is 15.3. The van der Waals surface area contributed by atoms with E-state index in [0.29, 0.717) is 33.0 Å². The topological polar surface area (TPSA) is 39.7 Å². The second kappa shape index (κ2) is 11.7. The van der Waals surface area contributed by atoms with Crippen LogP contribution in [0, 0.1) is 6.92 Å². The molecule has 0 aromatic heterocycles. The van der Waals surface area contributed by atoms with Crippen molar-refractivity contribution in [3.8, 4) is 0 Å². The summed E-state index contributed by atoms with van der Waals surface area (Å²) in [5.41, 5.74) is 2.61. The van der Waals surface area contributed by atoms with E-state index >= 15 is 0 Å². The number of hydrogen-bond donors (Lipinski definition) is 1. The van der Waals surface area contributed by atoms with Crippen LogP contribution in [-0.4, -0.2) is 46.7 Å². The van der Waals surface area contributed by atoms with Gasteiger partial charge in [-0.05, 0) is 31.0 Å². The third-order valence-electron chi connectivity index (χ3n) is 3.29. The Morgan fingerprint density at radius 2 is 1.76 bits per heavy atom. The summed E-state index contributed by atoms with van der Waals surface area (Å²) in [6.07, 6.45) is 1.11. The Hall–Kier alpha value is -0.940. The summed E-state index contributed by atoms with van der Waals surface area (Å²) in [4.78, 5) is 0. The summed E-state index contributed by atoms with van der Waals surface area (Å²) in [7, 11) is 1.67. The van der Waals surface area contributed by atoms with E-state index in [9.17, 15) is 0 Å². The molecule has 1 rings (SSSR count). The van der Waals surface area contributed by atoms with E-state index in [1.807, 2.05) is 0 Å². The predicted molar refractivity (Wildman–Crippen MR) is 85.7 cm³/mol. The lowest BCUT2D eigenvalue weighted by Gasteiger charge is -2.21. The molecule has 0 heterocycles. The predicted octanol–water partition coefficient (Wildman–Crippen LogP) is 2.72. The second-order valence-electron chi connectivity index (χ2n) is 5.04. The molecule has 0 aliphatic rings. The SMILES string of the molecule is CCCNC(COCCOCCOC)c1ccccc1C. The molecule has 0 saturated heterocycles. The molecule has 0 amide bonds. The lowest BCUT2D eigenvalue weighted by molar-refractivity contribution is 0.0192. The summed E-state index contributed by atoms with van der Waals surface area (Å²) in [6.45, 7) is 8.44. The molecule has 4 nitrogen and oxygen atoms in total. The van der Waals surface area contributed by atoms with E-state index in [4.69, 9.17) is 14.2 Å². The number of aryl methyl sites for hydroxylation is 1. The Labute approximate surface area is 128 Å². The van der Waals surface area contributed by atoms with Gasteiger partial charge in [0.05, 0.1) is 39.1 Å². The van der Waals surface area contributed by atoms with Crippen LogP contribution in [0.1, 0.15) is 30.5 Å². The molecule has 0 aliphatic heterocycles. The van der Waals surface area contributed by atoms with Crippen LogP contribution in [0.4, 0.5) is 0 Å². The lowest BCUT2D eigenvalue weighted by atomic mass is 10.0. The summed E-state index contributed by atoms with van der Waals surface area (Å²) in [6, 6.07) is 8.70. The molecule has 0 fully saturated rings. The molecular formula is C17H29NO3. The van der Waals surface area contributed by atoms with Gasteiger partial charge in [-0.15, -0.1) is 0 Å². The summed E-state index contributed by atoms with van der Waals surface area (Å²) in [5.74, 6) is 0. The molecule has 1 atom stereocenters. The van der Waals surface area contributed by atoms with E-state index in [1.54, 1.807) is 7.11 Å². The third kappa shape index (κ3) is 7.58. The van der Waals surface area contributed by atoms with Gasteiger partial charge in [0.1, 0.15) is 0 Å². The Morgan fingerprint density at radius 1 is 1.05 bits per heavy atom. The van der Waals surface area contributed by atoms with E-state index < -0.39 is 0 Å². The highest BCUT2D eigenvalue weighted by Crippen LogP contribution is 2.17. The van der Waals surface area contributed by atoms with Gasteiger partial charge in [-0.1, -0.05) is 31.2 Å². The third-order valence-corrected chi connectivity index (χ3v) is 3.29. The lowest BCUT2D eigenvalue weighted by Crippen LogP contribution is -2.27. The van der Waals surface area contributed by atoms with Crippen molar-refractivity contribution in [1.29, 1.82) is 0 Å². The van der Waals surface area contributed by atoms with Crippen LogP contribution in [0.5, 0.6) is 0 Å². The second-order valence-corrected chi connectivity index (χ2v) is 5.04. The van der Waals surface area contributed by atoms with E-state index in [2.05, 4.69) is 43.4 Å². The van der Waals surface area contributed by atoms with Crippen LogP contribution < -0.4 is 5.32 Å². The molecule has 1 aromatic carbocycles. The quantitative estimate of drug-likeness (QED) is 0.602. The number of hydrogen-bond acceptors (Lipinski definition) is 4. The molecule has 120 valence electrons. The maximum absolute atomic E-state index is 5.75. The zero-order valence-electron chi connectivity index (χ0n) is 13.6. The van der Waals surface area contributed by atoms with Crippen molar-refractivity contribution in [2.24, 2.45) is 0 Å². The number of benzene rings is 1. The maximum atomic E-state index is 5.75. The van der Waals surface area contributed by atoms with Crippen LogP contribution in [-0.2, 0) is 14.2 Å². The van der Waals surface area contributed by atoms with Crippen molar-refractivity contribution in [3.63, 3.8) is 0 Å². The molecule has 1 N–H and O–H groups in total. The van der Waals surface area contributed by atoms with E-state index in [-0.39, 0.29) is 6.04 Å². The molecule has 0 spiro atoms. The fourth-order valence-corrected chi connectivity index (χ4v) is 2.12. The molecule has 1 aromatic rings. The Bertz CT molecular complexity index is 371. The van der Waals surface area contributed by atoms with Gasteiger partial charge in [0.15, 0.2) is 0 Å². The van der Waals surface area contributed by atoms with Crippen molar-refractivity contribution < 1.29 is 14.2 Å². The van der Waals surface area contributed by atoms with Gasteiger partial charge >= 0.3 is 0 Å². The smallest absolute Gasteiger partial charge is 0.0701 e. The van der Waals surface area contributed by atoms with Gasteiger partial charge in [-0.2, -0.15) is 0 Å². The maximum Gasteiger partial charge on any atom is 0.0701 e. The Balaban J connectivity index is 2.35. The minimum absolute atomic E-state index is 0.241. The van der Waals surface area contributed by atoms with Gasteiger partial charge in [0, 0.05) is 7.11 Å². The molecule has 1 unspecified atom stereocenters. The Morgan fingerprint density at radius 3 is 2.48 bits per heavy atom. The fraction of sp³-hybridized carbons (Fsp3) is 0.647. The summed E-state index contributed by atoms with van der Waals surface area (Å²) in [5, 5.41) is 3.55. The highest BCUT2D eigenvalue weighted by molar-refractivity contribution is 5.28. The molecule has 21 heavy (non-hydrogen) atoms. The Kier molecular flexibility index (Phi) is 10.1. The highest BCUT2D eigenvalue weighted by atomic mass is 16.5. The molecule has 0 radical (unpaired) electrons. The van der Waals surface area contributed by atoms with Crippen molar-refractivity contribution >= 4 is 0 Å². The molecule has 4 heteroatoms. The first kappa shape index (κ1) is 18.1. The van der Waals surface area contributed by atoms with Gasteiger partial charge in [0.2, 0.25) is 0 Å². The first-order valence-corrected chi connectivity index (χ1v) is 7.73. The van der Waals surface area contributed by atoms with Gasteiger partial charge in [-0.25, -0.2) is 0 Å². The highest BCUT2D eigenvalue weighted by Gasteiger charge is 2.12. The van der Waals surface area contributed by atoms with Crippen molar-refractivity contribution in [1.82, 2.24) is 5.32 Å². The normalized spacial score (nSPS) is 12.5. The monoisotopic (exact) mass is 295 g/mol. The van der Waals surface area contributed by atoms with Crippen LogP contribution in [0.25, 0.3) is 0 Å². The molecule has 0 saturated carbocycles. The first-order chi connectivity index (χ1) is 10.3. The molecular weight excluding hydrogens is 266 g/mol. The van der Waals surface area contributed by atoms with Crippen LogP contribution in [0.3, 0.4) is 0 Å². The number of rotatable bonds is 12.